The molecule has 196 valence electrons. The molecule has 2 heterocycles. The largest absolute Gasteiger partial charge is 0.371 e. The van der Waals surface area contributed by atoms with E-state index in [1.807, 2.05) is 35.2 Å². The highest BCUT2D eigenvalue weighted by Crippen LogP contribution is 2.48. The normalized spacial score (nSPS) is 21.4. The van der Waals surface area contributed by atoms with Gasteiger partial charge >= 0.3 is 0 Å². The van der Waals surface area contributed by atoms with Gasteiger partial charge in [-0.25, -0.2) is 0 Å². The summed E-state index contributed by atoms with van der Waals surface area (Å²) < 4.78 is 0. The van der Waals surface area contributed by atoms with Gasteiger partial charge in [-0.05, 0) is 79.7 Å². The van der Waals surface area contributed by atoms with E-state index in [9.17, 15) is 9.59 Å². The number of carbonyl (C=O) groups is 2. The summed E-state index contributed by atoms with van der Waals surface area (Å²) in [7, 11) is 0. The maximum atomic E-state index is 13.6. The molecule has 2 aliphatic heterocycles. The van der Waals surface area contributed by atoms with Gasteiger partial charge in [0.1, 0.15) is 0 Å². The highest BCUT2D eigenvalue weighted by molar-refractivity contribution is 6.03. The lowest BCUT2D eigenvalue weighted by Crippen LogP contribution is -2.36. The van der Waals surface area contributed by atoms with Crippen LogP contribution in [0.1, 0.15) is 59.5 Å². The second kappa shape index (κ2) is 11.0. The van der Waals surface area contributed by atoms with Gasteiger partial charge in [0.05, 0.1) is 5.56 Å². The molecule has 5 heteroatoms. The van der Waals surface area contributed by atoms with E-state index in [1.54, 1.807) is 0 Å². The second-order valence-corrected chi connectivity index (χ2v) is 11.2. The van der Waals surface area contributed by atoms with Crippen LogP contribution < -0.4 is 10.2 Å². The molecular formula is C33H37N3O2. The molecule has 2 amide bonds. The number of nitrogens with zero attached hydrogens (tertiary/aromatic N) is 2. The van der Waals surface area contributed by atoms with Gasteiger partial charge in [-0.2, -0.15) is 0 Å². The molecule has 2 atom stereocenters. The first-order chi connectivity index (χ1) is 18.7. The Hall–Kier alpha value is -3.60. The molecule has 38 heavy (non-hydrogen) atoms. The van der Waals surface area contributed by atoms with E-state index in [4.69, 9.17) is 0 Å². The monoisotopic (exact) mass is 507 g/mol. The van der Waals surface area contributed by atoms with E-state index in [0.29, 0.717) is 11.8 Å². The molecule has 2 unspecified atom stereocenters. The van der Waals surface area contributed by atoms with Gasteiger partial charge in [0.15, 0.2) is 0 Å². The Morgan fingerprint density at radius 2 is 1.50 bits per heavy atom. The molecule has 6 rings (SSSR count). The highest BCUT2D eigenvalue weighted by atomic mass is 16.2. The van der Waals surface area contributed by atoms with Gasteiger partial charge in [0, 0.05) is 43.5 Å². The maximum absolute atomic E-state index is 13.6. The van der Waals surface area contributed by atoms with Crippen LogP contribution in [0, 0.1) is 11.8 Å². The molecule has 0 spiro atoms. The molecule has 3 aromatic rings. The van der Waals surface area contributed by atoms with Crippen LogP contribution >= 0.6 is 0 Å². The Morgan fingerprint density at radius 1 is 0.816 bits per heavy atom. The van der Waals surface area contributed by atoms with Gasteiger partial charge in [-0.1, -0.05) is 60.7 Å². The summed E-state index contributed by atoms with van der Waals surface area (Å²) in [6.45, 7) is 3.53. The highest BCUT2D eigenvalue weighted by Gasteiger charge is 2.43. The van der Waals surface area contributed by atoms with Crippen LogP contribution in [0.4, 0.5) is 11.4 Å². The number of likely N-dealkylation sites (tertiary alicyclic amines) is 1. The molecule has 1 saturated carbocycles. The quantitative estimate of drug-likeness (QED) is 0.419. The first-order valence-corrected chi connectivity index (χ1v) is 14.2. The van der Waals surface area contributed by atoms with Crippen molar-refractivity contribution in [2.24, 2.45) is 11.8 Å². The van der Waals surface area contributed by atoms with Crippen LogP contribution in [0.5, 0.6) is 0 Å². The molecule has 3 fully saturated rings. The van der Waals surface area contributed by atoms with Gasteiger partial charge in [0.2, 0.25) is 5.91 Å². The number of piperidine rings is 1. The number of hydrogen-bond acceptors (Lipinski definition) is 3. The number of benzene rings is 3. The van der Waals surface area contributed by atoms with E-state index < -0.39 is 0 Å². The number of amides is 2. The van der Waals surface area contributed by atoms with E-state index in [-0.39, 0.29) is 17.7 Å². The van der Waals surface area contributed by atoms with Crippen molar-refractivity contribution in [3.8, 4) is 0 Å². The van der Waals surface area contributed by atoms with Crippen molar-refractivity contribution in [2.75, 3.05) is 36.4 Å². The molecule has 2 saturated heterocycles. The summed E-state index contributed by atoms with van der Waals surface area (Å²) in [5.41, 5.74) is 5.08. The Bertz CT molecular complexity index is 1260. The van der Waals surface area contributed by atoms with Crippen molar-refractivity contribution in [1.29, 1.82) is 0 Å². The van der Waals surface area contributed by atoms with Crippen LogP contribution in [-0.4, -0.2) is 42.9 Å². The zero-order chi connectivity index (χ0) is 25.9. The van der Waals surface area contributed by atoms with E-state index >= 15 is 0 Å². The lowest BCUT2D eigenvalue weighted by Gasteiger charge is -2.35. The van der Waals surface area contributed by atoms with Crippen molar-refractivity contribution in [2.45, 2.75) is 44.4 Å². The minimum atomic E-state index is -0.00143. The smallest absolute Gasteiger partial charge is 0.256 e. The van der Waals surface area contributed by atoms with Crippen molar-refractivity contribution >= 4 is 23.2 Å². The van der Waals surface area contributed by atoms with Gasteiger partial charge in [-0.15, -0.1) is 0 Å². The zero-order valence-electron chi connectivity index (χ0n) is 22.0. The molecule has 3 aromatic carbocycles. The second-order valence-electron chi connectivity index (χ2n) is 11.2. The average molecular weight is 508 g/mol. The van der Waals surface area contributed by atoms with Crippen molar-refractivity contribution in [3.63, 3.8) is 0 Å². The zero-order valence-corrected chi connectivity index (χ0v) is 22.0. The third-order valence-corrected chi connectivity index (χ3v) is 8.57. The number of anilines is 2. The van der Waals surface area contributed by atoms with Crippen LogP contribution in [0.3, 0.4) is 0 Å². The van der Waals surface area contributed by atoms with Crippen LogP contribution in [0.2, 0.25) is 0 Å². The van der Waals surface area contributed by atoms with E-state index in [1.165, 1.54) is 11.1 Å². The molecule has 3 aliphatic rings. The minimum Gasteiger partial charge on any atom is -0.371 e. The molecule has 0 aromatic heterocycles. The predicted molar refractivity (Wildman–Crippen MR) is 153 cm³/mol. The van der Waals surface area contributed by atoms with Crippen molar-refractivity contribution in [3.05, 3.63) is 95.6 Å². The third-order valence-electron chi connectivity index (χ3n) is 8.57. The SMILES string of the molecule is O=C(Nc1ccc(N2CCC(Cc3ccccc3)CC2)c(C(=O)N2CCCC2)c1)C1CC1c1ccccc1. The number of nitrogens with one attached hydrogen (secondary N) is 1. The Kier molecular flexibility index (Phi) is 7.17. The molecule has 0 bridgehead atoms. The fraction of sp³-hybridized carbons (Fsp3) is 0.394. The predicted octanol–water partition coefficient (Wildman–Crippen LogP) is 6.12. The summed E-state index contributed by atoms with van der Waals surface area (Å²) >= 11 is 0. The van der Waals surface area contributed by atoms with Crippen LogP contribution in [-0.2, 0) is 11.2 Å². The summed E-state index contributed by atoms with van der Waals surface area (Å²) in [5, 5.41) is 3.13. The first kappa shape index (κ1) is 24.7. The van der Waals surface area contributed by atoms with Crippen molar-refractivity contribution in [1.82, 2.24) is 4.90 Å². The Morgan fingerprint density at radius 3 is 2.21 bits per heavy atom. The lowest BCUT2D eigenvalue weighted by molar-refractivity contribution is -0.117. The Balaban J connectivity index is 1.16. The third kappa shape index (κ3) is 5.47. The van der Waals surface area contributed by atoms with Gasteiger partial charge in [-0.3, -0.25) is 9.59 Å². The Labute approximate surface area is 225 Å². The molecular weight excluding hydrogens is 470 g/mol. The van der Waals surface area contributed by atoms with Crippen LogP contribution in [0.15, 0.2) is 78.9 Å². The topological polar surface area (TPSA) is 52.7 Å². The summed E-state index contributed by atoms with van der Waals surface area (Å²) in [5.74, 6) is 1.10. The molecule has 5 nitrogen and oxygen atoms in total. The lowest BCUT2D eigenvalue weighted by atomic mass is 9.89. The van der Waals surface area contributed by atoms with Gasteiger partial charge in [0.25, 0.3) is 5.91 Å². The van der Waals surface area contributed by atoms with Crippen LogP contribution in [0.25, 0.3) is 0 Å². The fourth-order valence-corrected chi connectivity index (χ4v) is 6.27. The average Bonchev–Trinajstić information content (AvgIpc) is 3.59. The van der Waals surface area contributed by atoms with E-state index in [0.717, 1.165) is 81.6 Å². The maximum Gasteiger partial charge on any atom is 0.256 e. The fourth-order valence-electron chi connectivity index (χ4n) is 6.27. The summed E-state index contributed by atoms with van der Waals surface area (Å²) in [6, 6.07) is 27.0. The van der Waals surface area contributed by atoms with E-state index in [2.05, 4.69) is 58.7 Å². The van der Waals surface area contributed by atoms with Gasteiger partial charge < -0.3 is 15.1 Å². The number of rotatable bonds is 7. The van der Waals surface area contributed by atoms with Crippen molar-refractivity contribution < 1.29 is 9.59 Å². The molecule has 1 N–H and O–H groups in total. The summed E-state index contributed by atoms with van der Waals surface area (Å²) in [6.07, 6.45) is 6.35. The number of hydrogen-bond donors (Lipinski definition) is 1. The molecule has 1 aliphatic carbocycles. The number of carbonyl (C=O) groups excluding carboxylic acids is 2. The standard InChI is InChI=1S/C33H37N3O2/c37-32(29-23-28(29)26-11-5-2-6-12-26)34-27-13-14-31(30(22-27)33(38)36-17-7-8-18-36)35-19-15-25(16-20-35)21-24-9-3-1-4-10-24/h1-6,9-14,22,25,28-29H,7-8,15-21,23H2,(H,34,37). The first-order valence-electron chi connectivity index (χ1n) is 14.2. The summed E-state index contributed by atoms with van der Waals surface area (Å²) in [4.78, 5) is 31.0. The molecule has 0 radical (unpaired) electrons. The minimum absolute atomic E-state index is 0.00143.